The van der Waals surface area contributed by atoms with Crippen LogP contribution >= 0.6 is 15.9 Å². The summed E-state index contributed by atoms with van der Waals surface area (Å²) in [4.78, 5) is 22.2. The summed E-state index contributed by atoms with van der Waals surface area (Å²) in [7, 11) is 0. The molecular formula is C8H5BrN4O2. The van der Waals surface area contributed by atoms with Gasteiger partial charge < -0.3 is 5.11 Å². The molecule has 0 aromatic carbocycles. The number of carboxylic acid groups (broad SMARTS) is 1. The van der Waals surface area contributed by atoms with E-state index in [9.17, 15) is 4.79 Å². The van der Waals surface area contributed by atoms with E-state index in [1.165, 1.54) is 17.1 Å². The van der Waals surface area contributed by atoms with Gasteiger partial charge in [0.1, 0.15) is 6.33 Å². The molecule has 0 atom stereocenters. The van der Waals surface area contributed by atoms with Crippen LogP contribution in [0.1, 0.15) is 10.5 Å². The Morgan fingerprint density at radius 1 is 1.33 bits per heavy atom. The van der Waals surface area contributed by atoms with Crippen LogP contribution in [-0.4, -0.2) is 30.6 Å². The molecule has 2 aromatic heterocycles. The predicted molar refractivity (Wildman–Crippen MR) is 53.8 cm³/mol. The van der Waals surface area contributed by atoms with E-state index in [1.807, 2.05) is 0 Å². The van der Waals surface area contributed by atoms with Crippen LogP contribution in [0.4, 0.5) is 0 Å². The molecule has 0 aliphatic heterocycles. The van der Waals surface area contributed by atoms with Crippen LogP contribution in [0, 0.1) is 0 Å². The zero-order valence-corrected chi connectivity index (χ0v) is 8.92. The van der Waals surface area contributed by atoms with Gasteiger partial charge >= 0.3 is 5.97 Å². The number of hydrogen-bond acceptors (Lipinski definition) is 4. The number of carbonyl (C=O) groups is 1. The van der Waals surface area contributed by atoms with Gasteiger partial charge in [0, 0.05) is 18.6 Å². The maximum absolute atomic E-state index is 10.6. The third kappa shape index (κ3) is 2.01. The van der Waals surface area contributed by atoms with Gasteiger partial charge in [-0.2, -0.15) is 0 Å². The van der Waals surface area contributed by atoms with Crippen molar-refractivity contribution in [1.29, 1.82) is 0 Å². The van der Waals surface area contributed by atoms with Gasteiger partial charge in [-0.05, 0) is 15.9 Å². The van der Waals surface area contributed by atoms with E-state index in [1.54, 1.807) is 12.4 Å². The van der Waals surface area contributed by atoms with Crippen molar-refractivity contribution in [1.82, 2.24) is 19.5 Å². The molecule has 1 N–H and O–H groups in total. The van der Waals surface area contributed by atoms with Crippen molar-refractivity contribution in [3.63, 3.8) is 0 Å². The van der Waals surface area contributed by atoms with Crippen LogP contribution in [0.5, 0.6) is 0 Å². The molecule has 0 fully saturated rings. The minimum atomic E-state index is -1.08. The van der Waals surface area contributed by atoms with Crippen molar-refractivity contribution in [3.8, 4) is 5.95 Å². The second-order valence-corrected chi connectivity index (χ2v) is 3.59. The fourth-order valence-electron chi connectivity index (χ4n) is 0.981. The summed E-state index contributed by atoms with van der Waals surface area (Å²) in [6.45, 7) is 0. The van der Waals surface area contributed by atoms with Gasteiger partial charge in [0.05, 0.1) is 4.47 Å². The van der Waals surface area contributed by atoms with Crippen LogP contribution in [0.2, 0.25) is 0 Å². The first-order valence-electron chi connectivity index (χ1n) is 3.92. The Labute approximate surface area is 92.8 Å². The highest BCUT2D eigenvalue weighted by Gasteiger charge is 2.08. The van der Waals surface area contributed by atoms with Gasteiger partial charge in [0.15, 0.2) is 5.69 Å². The molecule has 0 radical (unpaired) electrons. The van der Waals surface area contributed by atoms with Crippen LogP contribution in [0.3, 0.4) is 0 Å². The smallest absolute Gasteiger partial charge is 0.356 e. The number of imidazole rings is 1. The van der Waals surface area contributed by atoms with Gasteiger partial charge in [-0.15, -0.1) is 0 Å². The van der Waals surface area contributed by atoms with Crippen LogP contribution in [0.15, 0.2) is 29.4 Å². The summed E-state index contributed by atoms with van der Waals surface area (Å²) in [5.74, 6) is -0.705. The maximum Gasteiger partial charge on any atom is 0.356 e. The lowest BCUT2D eigenvalue weighted by Crippen LogP contribution is -1.98. The molecule has 7 heteroatoms. The summed E-state index contributed by atoms with van der Waals surface area (Å²) >= 11 is 3.20. The third-order valence-electron chi connectivity index (χ3n) is 1.64. The standard InChI is InChI=1S/C8H5BrN4O2/c9-5-1-10-8(11-2-5)13-3-6(7(14)15)12-4-13/h1-4H,(H,14,15). The molecule has 2 rings (SSSR count). The van der Waals surface area contributed by atoms with Gasteiger partial charge in [0.25, 0.3) is 0 Å². The zero-order chi connectivity index (χ0) is 10.8. The minimum absolute atomic E-state index is 0.0403. The van der Waals surface area contributed by atoms with Gasteiger partial charge in [-0.3, -0.25) is 4.57 Å². The first-order chi connectivity index (χ1) is 7.16. The Morgan fingerprint density at radius 2 is 2.00 bits per heavy atom. The van der Waals surface area contributed by atoms with Crippen molar-refractivity contribution in [2.24, 2.45) is 0 Å². The molecular weight excluding hydrogens is 264 g/mol. The molecule has 0 amide bonds. The average Bonchev–Trinajstić information content (AvgIpc) is 2.68. The molecule has 6 nitrogen and oxygen atoms in total. The molecule has 15 heavy (non-hydrogen) atoms. The summed E-state index contributed by atoms with van der Waals surface area (Å²) in [6.07, 6.45) is 5.85. The van der Waals surface area contributed by atoms with Crippen LogP contribution in [0.25, 0.3) is 5.95 Å². The first-order valence-corrected chi connectivity index (χ1v) is 4.71. The van der Waals surface area contributed by atoms with Crippen molar-refractivity contribution < 1.29 is 9.90 Å². The molecule has 2 aromatic rings. The Morgan fingerprint density at radius 3 is 2.53 bits per heavy atom. The Balaban J connectivity index is 2.37. The first kappa shape index (κ1) is 9.78. The topological polar surface area (TPSA) is 80.9 Å². The van der Waals surface area contributed by atoms with E-state index in [0.717, 1.165) is 4.47 Å². The van der Waals surface area contributed by atoms with E-state index >= 15 is 0 Å². The monoisotopic (exact) mass is 268 g/mol. The number of rotatable bonds is 2. The molecule has 76 valence electrons. The highest BCUT2D eigenvalue weighted by atomic mass is 79.9. The summed E-state index contributed by atoms with van der Waals surface area (Å²) in [6, 6.07) is 0. The number of hydrogen-bond donors (Lipinski definition) is 1. The highest BCUT2D eigenvalue weighted by Crippen LogP contribution is 2.07. The summed E-state index contributed by atoms with van der Waals surface area (Å²) < 4.78 is 2.19. The van der Waals surface area contributed by atoms with E-state index in [2.05, 4.69) is 30.9 Å². The number of aromatic carboxylic acids is 1. The summed E-state index contributed by atoms with van der Waals surface area (Å²) in [5.41, 5.74) is -0.0403. The fraction of sp³-hybridized carbons (Fsp3) is 0. The molecule has 0 saturated heterocycles. The number of aromatic nitrogens is 4. The Kier molecular flexibility index (Phi) is 2.46. The zero-order valence-electron chi connectivity index (χ0n) is 7.33. The molecule has 2 heterocycles. The molecule has 0 aliphatic carbocycles. The second-order valence-electron chi connectivity index (χ2n) is 2.67. The van der Waals surface area contributed by atoms with Gasteiger partial charge in [-0.1, -0.05) is 0 Å². The average molecular weight is 269 g/mol. The summed E-state index contributed by atoms with van der Waals surface area (Å²) in [5, 5.41) is 8.67. The quantitative estimate of drug-likeness (QED) is 0.883. The van der Waals surface area contributed by atoms with E-state index in [-0.39, 0.29) is 5.69 Å². The molecule has 0 unspecified atom stereocenters. The molecule has 0 bridgehead atoms. The van der Waals surface area contributed by atoms with Crippen LogP contribution < -0.4 is 0 Å². The van der Waals surface area contributed by atoms with Crippen molar-refractivity contribution in [2.45, 2.75) is 0 Å². The van der Waals surface area contributed by atoms with E-state index in [4.69, 9.17) is 5.11 Å². The Hall–Kier alpha value is -1.76. The minimum Gasteiger partial charge on any atom is -0.476 e. The lowest BCUT2D eigenvalue weighted by molar-refractivity contribution is 0.0691. The normalized spacial score (nSPS) is 10.2. The van der Waals surface area contributed by atoms with Crippen molar-refractivity contribution in [3.05, 3.63) is 35.1 Å². The van der Waals surface area contributed by atoms with E-state index in [0.29, 0.717) is 5.95 Å². The SMILES string of the molecule is O=C(O)c1cn(-c2ncc(Br)cn2)cn1. The number of nitrogens with zero attached hydrogens (tertiary/aromatic N) is 4. The van der Waals surface area contributed by atoms with Gasteiger partial charge in [-0.25, -0.2) is 19.7 Å². The van der Waals surface area contributed by atoms with Crippen molar-refractivity contribution in [2.75, 3.05) is 0 Å². The lowest BCUT2D eigenvalue weighted by atomic mass is 10.5. The largest absolute Gasteiger partial charge is 0.476 e. The lowest BCUT2D eigenvalue weighted by Gasteiger charge is -1.97. The number of carboxylic acids is 1. The molecule has 0 aliphatic rings. The van der Waals surface area contributed by atoms with Crippen LogP contribution in [-0.2, 0) is 0 Å². The molecule has 0 saturated carbocycles. The fourth-order valence-corrected chi connectivity index (χ4v) is 1.19. The maximum atomic E-state index is 10.6. The molecule has 0 spiro atoms. The van der Waals surface area contributed by atoms with Crippen molar-refractivity contribution >= 4 is 21.9 Å². The predicted octanol–water partition coefficient (Wildman–Crippen LogP) is 1.12. The number of halogens is 1. The second kappa shape index (κ2) is 3.77. The van der Waals surface area contributed by atoms with Gasteiger partial charge in [0.2, 0.25) is 5.95 Å². The van der Waals surface area contributed by atoms with E-state index < -0.39 is 5.97 Å². The third-order valence-corrected chi connectivity index (χ3v) is 2.05. The highest BCUT2D eigenvalue weighted by molar-refractivity contribution is 9.10. The Bertz CT molecular complexity index is 494.